The summed E-state index contributed by atoms with van der Waals surface area (Å²) in [5.41, 5.74) is 1.45. The van der Waals surface area contributed by atoms with Gasteiger partial charge in [-0.05, 0) is 18.6 Å². The third-order valence-corrected chi connectivity index (χ3v) is 5.27. The van der Waals surface area contributed by atoms with Crippen LogP contribution in [0.3, 0.4) is 0 Å². The van der Waals surface area contributed by atoms with Gasteiger partial charge in [0, 0.05) is 19.0 Å². The molecule has 1 aromatic rings. The molecule has 1 unspecified atom stereocenters. The van der Waals surface area contributed by atoms with Crippen LogP contribution in [-0.4, -0.2) is 38.4 Å². The van der Waals surface area contributed by atoms with Crippen molar-refractivity contribution in [2.45, 2.75) is 19.4 Å². The van der Waals surface area contributed by atoms with Crippen LogP contribution in [0, 0.1) is 6.92 Å². The van der Waals surface area contributed by atoms with Crippen LogP contribution in [0.5, 0.6) is 0 Å². The molecule has 0 bridgehead atoms. The van der Waals surface area contributed by atoms with E-state index in [4.69, 9.17) is 11.6 Å². The van der Waals surface area contributed by atoms with Crippen LogP contribution in [0.15, 0.2) is 18.2 Å². The maximum Gasteiger partial charge on any atom is 0.226 e. The summed E-state index contributed by atoms with van der Waals surface area (Å²) in [6, 6.07) is 5.03. The number of halogens is 1. The topological polar surface area (TPSA) is 75.3 Å². The van der Waals surface area contributed by atoms with E-state index in [2.05, 4.69) is 10.6 Å². The van der Waals surface area contributed by atoms with E-state index < -0.39 is 9.84 Å². The summed E-state index contributed by atoms with van der Waals surface area (Å²) in [6.07, 6.45) is 0.115. The fourth-order valence-corrected chi connectivity index (χ4v) is 3.92. The van der Waals surface area contributed by atoms with Gasteiger partial charge in [-0.25, -0.2) is 8.42 Å². The number of benzene rings is 1. The van der Waals surface area contributed by atoms with Crippen molar-refractivity contribution in [3.8, 4) is 0 Å². The molecular formula is C13H17ClN2O3S. The molecule has 0 spiro atoms. The number of para-hydroxylation sites is 1. The molecule has 1 aliphatic heterocycles. The van der Waals surface area contributed by atoms with Gasteiger partial charge in [-0.1, -0.05) is 23.7 Å². The van der Waals surface area contributed by atoms with Gasteiger partial charge in [-0.3, -0.25) is 4.79 Å². The third-order valence-electron chi connectivity index (χ3n) is 3.22. The van der Waals surface area contributed by atoms with Crippen molar-refractivity contribution in [2.75, 3.05) is 23.4 Å². The second-order valence-electron chi connectivity index (χ2n) is 4.95. The van der Waals surface area contributed by atoms with Crippen LogP contribution in [0.1, 0.15) is 12.0 Å². The molecule has 1 heterocycles. The number of hydrogen-bond donors (Lipinski definition) is 2. The van der Waals surface area contributed by atoms with Gasteiger partial charge in [0.05, 0.1) is 22.2 Å². The average Bonchev–Trinajstić information content (AvgIpc) is 2.33. The summed E-state index contributed by atoms with van der Waals surface area (Å²) >= 11 is 6.04. The Balaban J connectivity index is 1.99. The highest BCUT2D eigenvalue weighted by molar-refractivity contribution is 7.91. The minimum absolute atomic E-state index is 0.00191. The Hall–Kier alpha value is -1.11. The Morgan fingerprint density at radius 2 is 2.25 bits per heavy atom. The van der Waals surface area contributed by atoms with Gasteiger partial charge in [-0.15, -0.1) is 0 Å². The number of nitrogens with one attached hydrogen (secondary N) is 2. The molecule has 1 atom stereocenters. The smallest absolute Gasteiger partial charge is 0.226 e. The molecule has 20 heavy (non-hydrogen) atoms. The maximum absolute atomic E-state index is 12.0. The molecule has 1 amide bonds. The molecule has 5 nitrogen and oxygen atoms in total. The van der Waals surface area contributed by atoms with Crippen molar-refractivity contribution in [1.29, 1.82) is 0 Å². The quantitative estimate of drug-likeness (QED) is 0.883. The van der Waals surface area contributed by atoms with Gasteiger partial charge >= 0.3 is 0 Å². The Kier molecular flexibility index (Phi) is 4.67. The molecule has 2 N–H and O–H groups in total. The lowest BCUT2D eigenvalue weighted by Crippen LogP contribution is -2.46. The van der Waals surface area contributed by atoms with Crippen LogP contribution in [0.2, 0.25) is 5.02 Å². The maximum atomic E-state index is 12.0. The molecular weight excluding hydrogens is 300 g/mol. The number of carbonyl (C=O) groups excluding carboxylic acids is 1. The number of anilines is 1. The number of hydrogen-bond acceptors (Lipinski definition) is 4. The minimum atomic E-state index is -3.04. The van der Waals surface area contributed by atoms with E-state index in [0.29, 0.717) is 17.3 Å². The lowest BCUT2D eigenvalue weighted by molar-refractivity contribution is -0.116. The number of carbonyl (C=O) groups is 1. The van der Waals surface area contributed by atoms with Crippen LogP contribution < -0.4 is 10.6 Å². The van der Waals surface area contributed by atoms with E-state index in [1.54, 1.807) is 6.07 Å². The van der Waals surface area contributed by atoms with E-state index in [9.17, 15) is 13.2 Å². The van der Waals surface area contributed by atoms with E-state index in [1.807, 2.05) is 19.1 Å². The fourth-order valence-electron chi connectivity index (χ4n) is 2.20. The Labute approximate surface area is 123 Å². The fraction of sp³-hybridized carbons (Fsp3) is 0.462. The van der Waals surface area contributed by atoms with E-state index >= 15 is 0 Å². The van der Waals surface area contributed by atoms with Crippen molar-refractivity contribution in [1.82, 2.24) is 5.32 Å². The Morgan fingerprint density at radius 1 is 1.50 bits per heavy atom. The molecule has 1 saturated heterocycles. The average molecular weight is 317 g/mol. The van der Waals surface area contributed by atoms with Crippen LogP contribution in [0.25, 0.3) is 0 Å². The van der Waals surface area contributed by atoms with Crippen molar-refractivity contribution in [3.05, 3.63) is 28.8 Å². The molecule has 0 radical (unpaired) electrons. The first-order chi connectivity index (χ1) is 9.37. The summed E-state index contributed by atoms with van der Waals surface area (Å²) in [7, 11) is -3.04. The zero-order valence-electron chi connectivity index (χ0n) is 11.1. The first kappa shape index (κ1) is 15.3. The molecule has 7 heteroatoms. The summed E-state index contributed by atoms with van der Waals surface area (Å²) in [5, 5.41) is 6.27. The molecule has 2 rings (SSSR count). The monoisotopic (exact) mass is 316 g/mol. The highest BCUT2D eigenvalue weighted by Gasteiger charge is 2.26. The zero-order valence-corrected chi connectivity index (χ0v) is 12.7. The lowest BCUT2D eigenvalue weighted by atomic mass is 10.1. The van der Waals surface area contributed by atoms with Crippen molar-refractivity contribution >= 4 is 33.0 Å². The summed E-state index contributed by atoms with van der Waals surface area (Å²) in [6.45, 7) is 2.25. The van der Waals surface area contributed by atoms with Crippen LogP contribution in [-0.2, 0) is 14.6 Å². The number of rotatable bonds is 3. The molecule has 1 fully saturated rings. The van der Waals surface area contributed by atoms with Crippen molar-refractivity contribution in [2.24, 2.45) is 0 Å². The summed E-state index contributed by atoms with van der Waals surface area (Å²) < 4.78 is 23.0. The van der Waals surface area contributed by atoms with Gasteiger partial charge in [0.15, 0.2) is 9.84 Å². The second-order valence-corrected chi connectivity index (χ2v) is 7.59. The molecule has 1 aromatic carbocycles. The van der Waals surface area contributed by atoms with E-state index in [1.165, 1.54) is 0 Å². The van der Waals surface area contributed by atoms with Gasteiger partial charge in [0.25, 0.3) is 0 Å². The molecule has 110 valence electrons. The minimum Gasteiger partial charge on any atom is -0.325 e. The highest BCUT2D eigenvalue weighted by Crippen LogP contribution is 2.25. The predicted molar refractivity (Wildman–Crippen MR) is 79.9 cm³/mol. The molecule has 1 aliphatic rings. The van der Waals surface area contributed by atoms with Crippen molar-refractivity contribution < 1.29 is 13.2 Å². The second kappa shape index (κ2) is 6.11. The number of sulfone groups is 1. The Bertz CT molecular complexity index is 596. The Morgan fingerprint density at radius 3 is 2.90 bits per heavy atom. The lowest BCUT2D eigenvalue weighted by Gasteiger charge is -2.23. The van der Waals surface area contributed by atoms with E-state index in [-0.39, 0.29) is 29.9 Å². The number of amides is 1. The van der Waals surface area contributed by atoms with Gasteiger partial charge in [0.1, 0.15) is 0 Å². The zero-order chi connectivity index (χ0) is 14.8. The molecule has 0 saturated carbocycles. The van der Waals surface area contributed by atoms with Crippen LogP contribution in [0.4, 0.5) is 5.69 Å². The number of aryl methyl sites for hydroxylation is 1. The molecule has 0 aliphatic carbocycles. The predicted octanol–water partition coefficient (Wildman–Crippen LogP) is 1.36. The van der Waals surface area contributed by atoms with Crippen molar-refractivity contribution in [3.63, 3.8) is 0 Å². The van der Waals surface area contributed by atoms with Gasteiger partial charge in [-0.2, -0.15) is 0 Å². The SMILES string of the molecule is Cc1cccc(Cl)c1NC(=O)CC1CS(=O)(=O)CCN1. The van der Waals surface area contributed by atoms with Crippen LogP contribution >= 0.6 is 11.6 Å². The standard InChI is InChI=1S/C13H17ClN2O3S/c1-9-3-2-4-11(14)13(9)16-12(17)7-10-8-20(18,19)6-5-15-10/h2-4,10,15H,5-8H2,1H3,(H,16,17). The highest BCUT2D eigenvalue weighted by atomic mass is 35.5. The normalized spacial score (nSPS) is 21.4. The first-order valence-electron chi connectivity index (χ1n) is 6.36. The van der Waals surface area contributed by atoms with Gasteiger partial charge in [0.2, 0.25) is 5.91 Å². The van der Waals surface area contributed by atoms with Gasteiger partial charge < -0.3 is 10.6 Å². The first-order valence-corrected chi connectivity index (χ1v) is 8.56. The molecule has 0 aromatic heterocycles. The van der Waals surface area contributed by atoms with E-state index in [0.717, 1.165) is 5.56 Å². The summed E-state index contributed by atoms with van der Waals surface area (Å²) in [5.74, 6) is -0.104. The third kappa shape index (κ3) is 3.94. The largest absolute Gasteiger partial charge is 0.325 e. The summed E-state index contributed by atoms with van der Waals surface area (Å²) in [4.78, 5) is 12.0.